The summed E-state index contributed by atoms with van der Waals surface area (Å²) < 4.78 is 2.62. The molecule has 0 N–H and O–H groups in total. The van der Waals surface area contributed by atoms with E-state index in [1.54, 1.807) is 0 Å². The Labute approximate surface area is 307 Å². The molecule has 0 aliphatic heterocycles. The molecule has 0 aliphatic carbocycles. The molecule has 0 bridgehead atoms. The van der Waals surface area contributed by atoms with Crippen molar-refractivity contribution in [1.82, 2.24) is 0 Å². The van der Waals surface area contributed by atoms with E-state index in [1.807, 2.05) is 11.3 Å². The van der Waals surface area contributed by atoms with Gasteiger partial charge in [0, 0.05) is 26.8 Å². The van der Waals surface area contributed by atoms with Crippen LogP contribution >= 0.6 is 11.3 Å². The zero-order valence-electron chi connectivity index (χ0n) is 28.4. The first-order valence-electron chi connectivity index (χ1n) is 17.8. The highest BCUT2D eigenvalue weighted by atomic mass is 32.1. The standard InChI is InChI=1S/C50H33NS/c1-2-12-34(13-3-1)41-18-8-9-19-43(41)37-24-29-39(30-25-37)51(40-31-26-38(27-32-40)44-21-10-16-35-14-4-6-17-42(35)44)48-23-11-22-46-47-33-28-36-15-5-7-20-45(36)49(47)52-50(46)48/h1-33H. The average Bonchev–Trinajstić information content (AvgIpc) is 3.62. The molecule has 244 valence electrons. The number of fused-ring (bicyclic) bond motifs is 6. The third-order valence-corrected chi connectivity index (χ3v) is 11.6. The maximum Gasteiger partial charge on any atom is 0.0640 e. The lowest BCUT2D eigenvalue weighted by Gasteiger charge is -2.26. The van der Waals surface area contributed by atoms with Crippen molar-refractivity contribution in [3.63, 3.8) is 0 Å². The van der Waals surface area contributed by atoms with Crippen molar-refractivity contribution >= 4 is 70.1 Å². The van der Waals surface area contributed by atoms with Crippen LogP contribution in [0.25, 0.3) is 75.1 Å². The van der Waals surface area contributed by atoms with Gasteiger partial charge in [0.15, 0.2) is 0 Å². The first-order valence-corrected chi connectivity index (χ1v) is 18.6. The highest BCUT2D eigenvalue weighted by Crippen LogP contribution is 2.47. The minimum Gasteiger partial charge on any atom is -0.309 e. The molecule has 1 heterocycles. The molecule has 0 atom stereocenters. The fraction of sp³-hybridized carbons (Fsp3) is 0. The maximum atomic E-state index is 2.43. The average molecular weight is 680 g/mol. The van der Waals surface area contributed by atoms with Crippen molar-refractivity contribution in [1.29, 1.82) is 0 Å². The van der Waals surface area contributed by atoms with Gasteiger partial charge in [-0.25, -0.2) is 0 Å². The molecule has 0 saturated heterocycles. The van der Waals surface area contributed by atoms with Gasteiger partial charge in [0.05, 0.1) is 10.4 Å². The molecule has 10 rings (SSSR count). The van der Waals surface area contributed by atoms with Crippen molar-refractivity contribution < 1.29 is 0 Å². The van der Waals surface area contributed by atoms with Crippen LogP contribution in [-0.4, -0.2) is 0 Å². The van der Waals surface area contributed by atoms with Gasteiger partial charge in [0.25, 0.3) is 0 Å². The molecule has 0 saturated carbocycles. The summed E-state index contributed by atoms with van der Waals surface area (Å²) in [7, 11) is 0. The Morgan fingerprint density at radius 1 is 0.288 bits per heavy atom. The fourth-order valence-corrected chi connectivity index (χ4v) is 9.12. The van der Waals surface area contributed by atoms with Crippen LogP contribution in [0.4, 0.5) is 17.1 Å². The van der Waals surface area contributed by atoms with E-state index in [4.69, 9.17) is 0 Å². The molecule has 9 aromatic carbocycles. The van der Waals surface area contributed by atoms with Crippen molar-refractivity contribution in [2.45, 2.75) is 0 Å². The van der Waals surface area contributed by atoms with Crippen molar-refractivity contribution in [3.8, 4) is 33.4 Å². The minimum atomic E-state index is 1.12. The summed E-state index contributed by atoms with van der Waals surface area (Å²) >= 11 is 1.89. The molecular weight excluding hydrogens is 647 g/mol. The number of benzene rings is 9. The minimum absolute atomic E-state index is 1.12. The van der Waals surface area contributed by atoms with Crippen molar-refractivity contribution in [2.75, 3.05) is 4.90 Å². The monoisotopic (exact) mass is 679 g/mol. The highest BCUT2D eigenvalue weighted by molar-refractivity contribution is 7.27. The number of thiophene rings is 1. The molecule has 0 aliphatic rings. The maximum absolute atomic E-state index is 2.43. The van der Waals surface area contributed by atoms with E-state index in [2.05, 4.69) is 205 Å². The Morgan fingerprint density at radius 2 is 0.769 bits per heavy atom. The highest BCUT2D eigenvalue weighted by Gasteiger charge is 2.20. The molecule has 0 radical (unpaired) electrons. The van der Waals surface area contributed by atoms with Gasteiger partial charge in [0.2, 0.25) is 0 Å². The molecule has 1 aromatic heterocycles. The lowest BCUT2D eigenvalue weighted by atomic mass is 9.94. The summed E-state index contributed by atoms with van der Waals surface area (Å²) in [6.45, 7) is 0. The van der Waals surface area contributed by atoms with E-state index in [0.29, 0.717) is 0 Å². The topological polar surface area (TPSA) is 3.24 Å². The number of nitrogens with zero attached hydrogens (tertiary/aromatic N) is 1. The van der Waals surface area contributed by atoms with E-state index in [1.165, 1.54) is 80.8 Å². The van der Waals surface area contributed by atoms with E-state index < -0.39 is 0 Å². The van der Waals surface area contributed by atoms with Gasteiger partial charge in [0.1, 0.15) is 0 Å². The quantitative estimate of drug-likeness (QED) is 0.169. The SMILES string of the molecule is c1ccc(-c2ccccc2-c2ccc(N(c3ccc(-c4cccc5ccccc45)cc3)c3cccc4c3sc3c5ccccc5ccc43)cc2)cc1. The second kappa shape index (κ2) is 12.7. The lowest BCUT2D eigenvalue weighted by Crippen LogP contribution is -2.10. The van der Waals surface area contributed by atoms with Gasteiger partial charge in [-0.15, -0.1) is 11.3 Å². The molecule has 0 unspecified atom stereocenters. The Bertz CT molecular complexity index is 2880. The van der Waals surface area contributed by atoms with E-state index in [0.717, 1.165) is 11.4 Å². The third-order valence-electron chi connectivity index (χ3n) is 10.3. The summed E-state index contributed by atoms with van der Waals surface area (Å²) in [4.78, 5) is 2.43. The first kappa shape index (κ1) is 30.4. The largest absolute Gasteiger partial charge is 0.309 e. The summed E-state index contributed by atoms with van der Waals surface area (Å²) in [6.07, 6.45) is 0. The predicted octanol–water partition coefficient (Wildman–Crippen LogP) is 14.8. The van der Waals surface area contributed by atoms with E-state index in [-0.39, 0.29) is 0 Å². The van der Waals surface area contributed by atoms with Crippen LogP contribution in [0.5, 0.6) is 0 Å². The Kier molecular flexibility index (Phi) is 7.41. The molecule has 0 spiro atoms. The molecule has 2 heteroatoms. The second-order valence-corrected chi connectivity index (χ2v) is 14.3. The molecule has 52 heavy (non-hydrogen) atoms. The summed E-state index contributed by atoms with van der Waals surface area (Å²) in [6, 6.07) is 72.8. The van der Waals surface area contributed by atoms with E-state index in [9.17, 15) is 0 Å². The van der Waals surface area contributed by atoms with E-state index >= 15 is 0 Å². The molecule has 10 aromatic rings. The van der Waals surface area contributed by atoms with Crippen LogP contribution in [0, 0.1) is 0 Å². The van der Waals surface area contributed by atoms with Crippen LogP contribution < -0.4 is 4.90 Å². The Balaban J connectivity index is 1.14. The summed E-state index contributed by atoms with van der Waals surface area (Å²) in [5.41, 5.74) is 10.8. The Morgan fingerprint density at radius 3 is 1.48 bits per heavy atom. The summed E-state index contributed by atoms with van der Waals surface area (Å²) in [5, 5.41) is 7.69. The smallest absolute Gasteiger partial charge is 0.0640 e. The summed E-state index contributed by atoms with van der Waals surface area (Å²) in [5.74, 6) is 0. The lowest BCUT2D eigenvalue weighted by molar-refractivity contribution is 1.30. The van der Waals surface area contributed by atoms with Crippen LogP contribution in [0.3, 0.4) is 0 Å². The van der Waals surface area contributed by atoms with Gasteiger partial charge in [-0.1, -0.05) is 170 Å². The van der Waals surface area contributed by atoms with Gasteiger partial charge < -0.3 is 4.90 Å². The zero-order chi connectivity index (χ0) is 34.4. The molecule has 0 fully saturated rings. The van der Waals surface area contributed by atoms with Crippen LogP contribution in [0.2, 0.25) is 0 Å². The van der Waals surface area contributed by atoms with Gasteiger partial charge in [-0.2, -0.15) is 0 Å². The van der Waals surface area contributed by atoms with Crippen LogP contribution in [0.1, 0.15) is 0 Å². The number of rotatable bonds is 6. The van der Waals surface area contributed by atoms with Crippen molar-refractivity contribution in [2.24, 2.45) is 0 Å². The number of hydrogen-bond acceptors (Lipinski definition) is 2. The van der Waals surface area contributed by atoms with Crippen molar-refractivity contribution in [3.05, 3.63) is 200 Å². The number of hydrogen-bond donors (Lipinski definition) is 0. The second-order valence-electron chi connectivity index (χ2n) is 13.3. The first-order chi connectivity index (χ1) is 25.8. The molecule has 0 amide bonds. The van der Waals surface area contributed by atoms with Crippen LogP contribution in [0.15, 0.2) is 200 Å². The zero-order valence-corrected chi connectivity index (χ0v) is 29.2. The van der Waals surface area contributed by atoms with Gasteiger partial charge >= 0.3 is 0 Å². The molecular formula is C50H33NS. The molecule has 1 nitrogen and oxygen atoms in total. The number of anilines is 3. The van der Waals surface area contributed by atoms with Gasteiger partial charge in [-0.3, -0.25) is 0 Å². The Hall–Kier alpha value is -6.48. The third kappa shape index (κ3) is 5.16. The normalized spacial score (nSPS) is 11.5. The fourth-order valence-electron chi connectivity index (χ4n) is 7.78. The predicted molar refractivity (Wildman–Crippen MR) is 225 cm³/mol. The van der Waals surface area contributed by atoms with Crippen LogP contribution in [-0.2, 0) is 0 Å². The van der Waals surface area contributed by atoms with Gasteiger partial charge in [-0.05, 0) is 85.3 Å².